The van der Waals surface area contributed by atoms with Crippen LogP contribution in [0.4, 0.5) is 4.39 Å². The lowest BCUT2D eigenvalue weighted by atomic mass is 10.1. The fraction of sp³-hybridized carbons (Fsp3) is 0.474. The Morgan fingerprint density at radius 3 is 3.04 bits per heavy atom. The van der Waals surface area contributed by atoms with Gasteiger partial charge in [-0.05, 0) is 44.0 Å². The van der Waals surface area contributed by atoms with Crippen LogP contribution in [0.1, 0.15) is 24.2 Å². The van der Waals surface area contributed by atoms with Crippen LogP contribution in [0.5, 0.6) is 5.88 Å². The van der Waals surface area contributed by atoms with Crippen LogP contribution in [0.2, 0.25) is 0 Å². The van der Waals surface area contributed by atoms with Crippen molar-refractivity contribution in [1.29, 1.82) is 0 Å². The van der Waals surface area contributed by atoms with E-state index in [0.717, 1.165) is 37.3 Å². The second-order valence-electron chi connectivity index (χ2n) is 6.67. The number of morpholine rings is 1. The van der Waals surface area contributed by atoms with Gasteiger partial charge in [0.2, 0.25) is 0 Å². The number of halogens is 1. The first-order valence-electron chi connectivity index (χ1n) is 8.76. The molecule has 3 heterocycles. The highest BCUT2D eigenvalue weighted by Gasteiger charge is 2.44. The number of aromatic nitrogens is 2. The van der Waals surface area contributed by atoms with Gasteiger partial charge in [-0.25, -0.2) is 9.37 Å². The third-order valence-corrected chi connectivity index (χ3v) is 4.95. The lowest BCUT2D eigenvalue weighted by molar-refractivity contribution is -0.0930. The zero-order valence-electron chi connectivity index (χ0n) is 14.3. The van der Waals surface area contributed by atoms with Crippen molar-refractivity contribution in [2.75, 3.05) is 13.2 Å². The number of hydrogen-bond acceptors (Lipinski definition) is 5. The molecule has 0 unspecified atom stereocenters. The SMILES string of the molecule is Cc1cccc(CN2CCO[C@H]3[C@@H](Oc4ncccc4F)CC[C@@H]32)n1. The largest absolute Gasteiger partial charge is 0.469 e. The molecule has 2 fully saturated rings. The van der Waals surface area contributed by atoms with Gasteiger partial charge < -0.3 is 9.47 Å². The zero-order chi connectivity index (χ0) is 17.2. The van der Waals surface area contributed by atoms with Crippen LogP contribution in [-0.4, -0.2) is 46.3 Å². The van der Waals surface area contributed by atoms with Crippen LogP contribution >= 0.6 is 0 Å². The minimum atomic E-state index is -0.428. The van der Waals surface area contributed by atoms with Crippen molar-refractivity contribution >= 4 is 0 Å². The van der Waals surface area contributed by atoms with Crippen molar-refractivity contribution in [3.05, 3.63) is 53.7 Å². The van der Waals surface area contributed by atoms with Crippen LogP contribution in [0.25, 0.3) is 0 Å². The number of nitrogens with zero attached hydrogens (tertiary/aromatic N) is 3. The third kappa shape index (κ3) is 3.50. The van der Waals surface area contributed by atoms with Crippen molar-refractivity contribution in [2.45, 2.75) is 44.6 Å². The van der Waals surface area contributed by atoms with Crippen molar-refractivity contribution in [3.8, 4) is 5.88 Å². The van der Waals surface area contributed by atoms with Gasteiger partial charge in [0.05, 0.1) is 12.3 Å². The molecule has 4 rings (SSSR count). The molecule has 2 aromatic rings. The number of aryl methyl sites for hydroxylation is 1. The molecule has 0 radical (unpaired) electrons. The molecule has 132 valence electrons. The Kier molecular flexibility index (Phi) is 4.63. The molecule has 2 aliphatic rings. The summed E-state index contributed by atoms with van der Waals surface area (Å²) in [5, 5.41) is 0. The molecule has 1 aliphatic heterocycles. The highest BCUT2D eigenvalue weighted by molar-refractivity contribution is 5.15. The number of ether oxygens (including phenoxy) is 2. The molecule has 1 aliphatic carbocycles. The van der Waals surface area contributed by atoms with Crippen LogP contribution in [-0.2, 0) is 11.3 Å². The van der Waals surface area contributed by atoms with E-state index in [2.05, 4.69) is 20.9 Å². The van der Waals surface area contributed by atoms with E-state index < -0.39 is 5.82 Å². The van der Waals surface area contributed by atoms with Gasteiger partial charge in [-0.1, -0.05) is 6.07 Å². The van der Waals surface area contributed by atoms with E-state index in [1.165, 1.54) is 6.07 Å². The first kappa shape index (κ1) is 16.4. The van der Waals surface area contributed by atoms with Gasteiger partial charge in [0.15, 0.2) is 5.82 Å². The van der Waals surface area contributed by atoms with Crippen molar-refractivity contribution in [1.82, 2.24) is 14.9 Å². The molecule has 3 atom stereocenters. The van der Waals surface area contributed by atoms with E-state index in [1.54, 1.807) is 12.3 Å². The number of pyridine rings is 2. The fourth-order valence-corrected chi connectivity index (χ4v) is 3.81. The maximum atomic E-state index is 13.8. The quantitative estimate of drug-likeness (QED) is 0.854. The van der Waals surface area contributed by atoms with E-state index in [1.807, 2.05) is 19.1 Å². The highest BCUT2D eigenvalue weighted by atomic mass is 19.1. The van der Waals surface area contributed by atoms with E-state index in [9.17, 15) is 4.39 Å². The summed E-state index contributed by atoms with van der Waals surface area (Å²) in [7, 11) is 0. The predicted octanol–water partition coefficient (Wildman–Crippen LogP) is 2.73. The highest BCUT2D eigenvalue weighted by Crippen LogP contribution is 2.33. The molecule has 1 saturated carbocycles. The summed E-state index contributed by atoms with van der Waals surface area (Å²) in [4.78, 5) is 11.0. The Morgan fingerprint density at radius 1 is 1.28 bits per heavy atom. The van der Waals surface area contributed by atoms with Gasteiger partial charge in [-0.2, -0.15) is 0 Å². The summed E-state index contributed by atoms with van der Waals surface area (Å²) >= 11 is 0. The standard InChI is InChI=1S/C19H22FN3O2/c1-13-4-2-5-14(22-13)12-23-10-11-24-18-16(23)7-8-17(18)25-19-15(20)6-3-9-21-19/h2-6,9,16-18H,7-8,10-12H2,1H3/t16-,17-,18+/m0/s1. The zero-order valence-corrected chi connectivity index (χ0v) is 14.3. The molecule has 0 amide bonds. The molecule has 1 saturated heterocycles. The predicted molar refractivity (Wildman–Crippen MR) is 90.8 cm³/mol. The molecule has 25 heavy (non-hydrogen) atoms. The molecule has 0 aromatic carbocycles. The molecule has 0 spiro atoms. The van der Waals surface area contributed by atoms with Crippen molar-refractivity contribution in [2.24, 2.45) is 0 Å². The normalized spacial score (nSPS) is 26.4. The van der Waals surface area contributed by atoms with Gasteiger partial charge in [-0.3, -0.25) is 9.88 Å². The second-order valence-corrected chi connectivity index (χ2v) is 6.67. The lowest BCUT2D eigenvalue weighted by Crippen LogP contribution is -2.51. The Bertz CT molecular complexity index is 742. The summed E-state index contributed by atoms with van der Waals surface area (Å²) in [5.74, 6) is -0.364. The summed E-state index contributed by atoms with van der Waals surface area (Å²) in [6, 6.07) is 9.31. The number of rotatable bonds is 4. The summed E-state index contributed by atoms with van der Waals surface area (Å²) in [5.41, 5.74) is 2.10. The minimum absolute atomic E-state index is 0.0556. The van der Waals surface area contributed by atoms with Gasteiger partial charge >= 0.3 is 0 Å². The van der Waals surface area contributed by atoms with E-state index in [4.69, 9.17) is 9.47 Å². The van der Waals surface area contributed by atoms with Crippen LogP contribution in [0, 0.1) is 12.7 Å². The first-order chi connectivity index (χ1) is 12.2. The first-order valence-corrected chi connectivity index (χ1v) is 8.76. The van der Waals surface area contributed by atoms with Crippen LogP contribution in [0.3, 0.4) is 0 Å². The fourth-order valence-electron chi connectivity index (χ4n) is 3.81. The lowest BCUT2D eigenvalue weighted by Gasteiger charge is -2.38. The van der Waals surface area contributed by atoms with Gasteiger partial charge in [0, 0.05) is 31.0 Å². The smallest absolute Gasteiger partial charge is 0.250 e. The van der Waals surface area contributed by atoms with Gasteiger partial charge in [0.1, 0.15) is 12.2 Å². The minimum Gasteiger partial charge on any atom is -0.469 e. The molecule has 6 heteroatoms. The Hall–Kier alpha value is -2.05. The Labute approximate surface area is 146 Å². The number of fused-ring (bicyclic) bond motifs is 1. The average molecular weight is 343 g/mol. The Morgan fingerprint density at radius 2 is 2.20 bits per heavy atom. The van der Waals surface area contributed by atoms with Gasteiger partial charge in [0.25, 0.3) is 5.88 Å². The monoisotopic (exact) mass is 343 g/mol. The van der Waals surface area contributed by atoms with Crippen molar-refractivity contribution < 1.29 is 13.9 Å². The summed E-state index contributed by atoms with van der Waals surface area (Å²) in [6.45, 7) is 4.34. The molecule has 5 nitrogen and oxygen atoms in total. The van der Waals surface area contributed by atoms with E-state index in [-0.39, 0.29) is 24.1 Å². The van der Waals surface area contributed by atoms with Crippen molar-refractivity contribution in [3.63, 3.8) is 0 Å². The van der Waals surface area contributed by atoms with Crippen LogP contribution < -0.4 is 4.74 Å². The molecular weight excluding hydrogens is 321 g/mol. The maximum Gasteiger partial charge on any atom is 0.250 e. The molecule has 0 bridgehead atoms. The molecule has 2 aromatic heterocycles. The van der Waals surface area contributed by atoms with Crippen LogP contribution in [0.15, 0.2) is 36.5 Å². The van der Waals surface area contributed by atoms with Gasteiger partial charge in [-0.15, -0.1) is 0 Å². The third-order valence-electron chi connectivity index (χ3n) is 4.95. The molecular formula is C19H22FN3O2. The maximum absolute atomic E-state index is 13.8. The molecule has 0 N–H and O–H groups in total. The average Bonchev–Trinajstić information content (AvgIpc) is 3.01. The topological polar surface area (TPSA) is 47.5 Å². The Balaban J connectivity index is 1.46. The van der Waals surface area contributed by atoms with E-state index in [0.29, 0.717) is 6.61 Å². The number of hydrogen-bond donors (Lipinski definition) is 0. The second kappa shape index (κ2) is 7.06. The summed E-state index contributed by atoms with van der Waals surface area (Å²) < 4.78 is 25.6. The van der Waals surface area contributed by atoms with E-state index >= 15 is 0 Å². The summed E-state index contributed by atoms with van der Waals surface area (Å²) in [6.07, 6.45) is 3.13.